The number of nitrogens with zero attached hydrogens (tertiary/aromatic N) is 1. The van der Waals surface area contributed by atoms with Crippen molar-refractivity contribution in [3.63, 3.8) is 0 Å². The number of likely N-dealkylation sites (tertiary alicyclic amines) is 1. The van der Waals surface area contributed by atoms with E-state index >= 15 is 0 Å². The standard InChI is InChI=1S/C11H23N3O2/c12-11(13)2-1-5-14-6-3-10(4-7-14)16-9-8-15/h10,15H,1-9H2,(H3,12,13). The molecule has 0 aliphatic carbocycles. The van der Waals surface area contributed by atoms with E-state index in [-0.39, 0.29) is 12.4 Å². The van der Waals surface area contributed by atoms with Crippen molar-refractivity contribution in [1.82, 2.24) is 4.90 Å². The van der Waals surface area contributed by atoms with Crippen LogP contribution in [0, 0.1) is 5.41 Å². The third kappa shape index (κ3) is 5.44. The van der Waals surface area contributed by atoms with E-state index in [9.17, 15) is 0 Å². The quantitative estimate of drug-likeness (QED) is 0.429. The Labute approximate surface area is 97.1 Å². The lowest BCUT2D eigenvalue weighted by Gasteiger charge is -2.31. The molecular weight excluding hydrogens is 206 g/mol. The van der Waals surface area contributed by atoms with Crippen molar-refractivity contribution in [3.8, 4) is 0 Å². The van der Waals surface area contributed by atoms with E-state index in [4.69, 9.17) is 21.0 Å². The number of nitrogens with two attached hydrogens (primary N) is 1. The van der Waals surface area contributed by atoms with Gasteiger partial charge < -0.3 is 20.5 Å². The Morgan fingerprint density at radius 2 is 2.12 bits per heavy atom. The number of ether oxygens (including phenoxy) is 1. The summed E-state index contributed by atoms with van der Waals surface area (Å²) in [4.78, 5) is 2.39. The van der Waals surface area contributed by atoms with Crippen molar-refractivity contribution in [2.24, 2.45) is 5.73 Å². The summed E-state index contributed by atoms with van der Waals surface area (Å²) in [6.45, 7) is 3.68. The molecule has 0 aromatic heterocycles. The summed E-state index contributed by atoms with van der Waals surface area (Å²) < 4.78 is 5.49. The number of amidine groups is 1. The highest BCUT2D eigenvalue weighted by molar-refractivity contribution is 5.76. The molecule has 16 heavy (non-hydrogen) atoms. The monoisotopic (exact) mass is 229 g/mol. The molecule has 1 rings (SSSR count). The van der Waals surface area contributed by atoms with E-state index in [1.165, 1.54) is 0 Å². The van der Waals surface area contributed by atoms with Crippen LogP contribution in [-0.2, 0) is 4.74 Å². The van der Waals surface area contributed by atoms with Gasteiger partial charge in [-0.05, 0) is 25.8 Å². The molecule has 0 unspecified atom stereocenters. The van der Waals surface area contributed by atoms with Crippen LogP contribution in [0.25, 0.3) is 0 Å². The van der Waals surface area contributed by atoms with Crippen LogP contribution in [0.3, 0.4) is 0 Å². The molecule has 0 amide bonds. The van der Waals surface area contributed by atoms with Crippen LogP contribution >= 0.6 is 0 Å². The summed E-state index contributed by atoms with van der Waals surface area (Å²) >= 11 is 0. The fourth-order valence-corrected chi connectivity index (χ4v) is 2.01. The summed E-state index contributed by atoms with van der Waals surface area (Å²) in [5.41, 5.74) is 5.31. The molecular formula is C11H23N3O2. The Kier molecular flexibility index (Phi) is 6.37. The highest BCUT2D eigenvalue weighted by atomic mass is 16.5. The SMILES string of the molecule is N=C(N)CCCN1CCC(OCCO)CC1. The Bertz CT molecular complexity index is 203. The van der Waals surface area contributed by atoms with Crippen molar-refractivity contribution in [2.75, 3.05) is 32.8 Å². The van der Waals surface area contributed by atoms with Gasteiger partial charge in [0, 0.05) is 19.5 Å². The first kappa shape index (κ1) is 13.4. The minimum absolute atomic E-state index is 0.110. The molecule has 1 aliphatic heterocycles. The fraction of sp³-hybridized carbons (Fsp3) is 0.909. The highest BCUT2D eigenvalue weighted by Gasteiger charge is 2.18. The summed E-state index contributed by atoms with van der Waals surface area (Å²) in [5.74, 6) is 0.279. The Morgan fingerprint density at radius 1 is 1.44 bits per heavy atom. The number of aliphatic hydroxyl groups is 1. The number of nitrogens with one attached hydrogen (secondary N) is 1. The lowest BCUT2D eigenvalue weighted by molar-refractivity contribution is -0.00773. The van der Waals surface area contributed by atoms with Crippen LogP contribution in [0.5, 0.6) is 0 Å². The lowest BCUT2D eigenvalue weighted by atomic mass is 10.1. The zero-order valence-electron chi connectivity index (χ0n) is 9.82. The molecule has 94 valence electrons. The van der Waals surface area contributed by atoms with E-state index < -0.39 is 0 Å². The van der Waals surface area contributed by atoms with Gasteiger partial charge in [0.15, 0.2) is 0 Å². The molecule has 1 saturated heterocycles. The normalized spacial score (nSPS) is 18.8. The van der Waals surface area contributed by atoms with Gasteiger partial charge in [-0.2, -0.15) is 0 Å². The number of aliphatic hydroxyl groups excluding tert-OH is 1. The first-order valence-electron chi connectivity index (χ1n) is 6.00. The zero-order chi connectivity index (χ0) is 11.8. The number of piperidine rings is 1. The average molecular weight is 229 g/mol. The Morgan fingerprint density at radius 3 is 2.69 bits per heavy atom. The summed E-state index contributed by atoms with van der Waals surface area (Å²) in [6.07, 6.45) is 4.06. The van der Waals surface area contributed by atoms with Crippen LogP contribution in [0.1, 0.15) is 25.7 Å². The van der Waals surface area contributed by atoms with Gasteiger partial charge in [0.05, 0.1) is 25.2 Å². The smallest absolute Gasteiger partial charge is 0.0905 e. The van der Waals surface area contributed by atoms with Crippen molar-refractivity contribution in [1.29, 1.82) is 5.41 Å². The molecule has 1 heterocycles. The van der Waals surface area contributed by atoms with Gasteiger partial charge in [0.25, 0.3) is 0 Å². The van der Waals surface area contributed by atoms with Gasteiger partial charge in [0.1, 0.15) is 0 Å². The second-order valence-electron chi connectivity index (χ2n) is 4.26. The Hall–Kier alpha value is -0.650. The maximum absolute atomic E-state index is 8.65. The average Bonchev–Trinajstić information content (AvgIpc) is 2.27. The maximum Gasteiger partial charge on any atom is 0.0905 e. The molecule has 0 spiro atoms. The lowest BCUT2D eigenvalue weighted by Crippen LogP contribution is -2.38. The van der Waals surface area contributed by atoms with Crippen molar-refractivity contribution >= 4 is 5.84 Å². The maximum atomic E-state index is 8.65. The largest absolute Gasteiger partial charge is 0.394 e. The van der Waals surface area contributed by atoms with Gasteiger partial charge >= 0.3 is 0 Å². The van der Waals surface area contributed by atoms with Crippen molar-refractivity contribution < 1.29 is 9.84 Å². The van der Waals surface area contributed by atoms with Crippen LogP contribution < -0.4 is 5.73 Å². The van der Waals surface area contributed by atoms with E-state index in [1.54, 1.807) is 0 Å². The molecule has 5 nitrogen and oxygen atoms in total. The van der Waals surface area contributed by atoms with Gasteiger partial charge in [-0.3, -0.25) is 5.41 Å². The summed E-state index contributed by atoms with van der Waals surface area (Å²) in [7, 11) is 0. The van der Waals surface area contributed by atoms with E-state index in [2.05, 4.69) is 4.90 Å². The molecule has 0 aromatic carbocycles. The van der Waals surface area contributed by atoms with E-state index in [1.807, 2.05) is 0 Å². The fourth-order valence-electron chi connectivity index (χ4n) is 2.01. The third-order valence-corrected chi connectivity index (χ3v) is 2.90. The van der Waals surface area contributed by atoms with E-state index in [0.29, 0.717) is 19.1 Å². The minimum Gasteiger partial charge on any atom is -0.394 e. The van der Waals surface area contributed by atoms with Gasteiger partial charge in [-0.15, -0.1) is 0 Å². The summed E-state index contributed by atoms with van der Waals surface area (Å²) in [6, 6.07) is 0. The van der Waals surface area contributed by atoms with Gasteiger partial charge in [-0.1, -0.05) is 0 Å². The number of hydrogen-bond donors (Lipinski definition) is 3. The molecule has 0 aromatic rings. The van der Waals surface area contributed by atoms with Crippen molar-refractivity contribution in [3.05, 3.63) is 0 Å². The predicted octanol–water partition coefficient (Wildman–Crippen LogP) is 0.176. The molecule has 1 fully saturated rings. The topological polar surface area (TPSA) is 82.6 Å². The molecule has 0 radical (unpaired) electrons. The molecule has 0 bridgehead atoms. The molecule has 0 saturated carbocycles. The summed E-state index contributed by atoms with van der Waals surface area (Å²) in [5, 5.41) is 15.8. The third-order valence-electron chi connectivity index (χ3n) is 2.90. The highest BCUT2D eigenvalue weighted by Crippen LogP contribution is 2.13. The Balaban J connectivity index is 2.05. The molecule has 5 heteroatoms. The number of hydrogen-bond acceptors (Lipinski definition) is 4. The first-order valence-corrected chi connectivity index (χ1v) is 6.00. The number of rotatable bonds is 7. The first-order chi connectivity index (χ1) is 7.72. The van der Waals surface area contributed by atoms with Gasteiger partial charge in [-0.25, -0.2) is 0 Å². The second-order valence-corrected chi connectivity index (χ2v) is 4.26. The molecule has 0 atom stereocenters. The second kappa shape index (κ2) is 7.60. The molecule has 1 aliphatic rings. The zero-order valence-corrected chi connectivity index (χ0v) is 9.82. The minimum atomic E-state index is 0.110. The predicted molar refractivity (Wildman–Crippen MR) is 63.6 cm³/mol. The van der Waals surface area contributed by atoms with Gasteiger partial charge in [0.2, 0.25) is 0 Å². The van der Waals surface area contributed by atoms with E-state index in [0.717, 1.165) is 38.9 Å². The van der Waals surface area contributed by atoms with Crippen LogP contribution in [0.2, 0.25) is 0 Å². The molecule has 4 N–H and O–H groups in total. The van der Waals surface area contributed by atoms with Crippen LogP contribution in [-0.4, -0.2) is 54.8 Å². The van der Waals surface area contributed by atoms with Crippen LogP contribution in [0.4, 0.5) is 0 Å². The van der Waals surface area contributed by atoms with Crippen LogP contribution in [0.15, 0.2) is 0 Å². The van der Waals surface area contributed by atoms with Crippen molar-refractivity contribution in [2.45, 2.75) is 31.8 Å².